The van der Waals surface area contributed by atoms with Gasteiger partial charge in [0, 0.05) is 45.8 Å². The molecule has 2 fully saturated rings. The molecule has 2 heterocycles. The summed E-state index contributed by atoms with van der Waals surface area (Å²) in [6, 6.07) is 0.348. The van der Waals surface area contributed by atoms with E-state index in [1.54, 1.807) is 4.90 Å². The van der Waals surface area contributed by atoms with Crippen LogP contribution in [0.15, 0.2) is 0 Å². The molecule has 1 atom stereocenters. The highest BCUT2D eigenvalue weighted by Gasteiger charge is 2.26. The molecule has 0 aliphatic carbocycles. The Morgan fingerprint density at radius 1 is 1.16 bits per heavy atom. The Bertz CT molecular complexity index is 321. The predicted molar refractivity (Wildman–Crippen MR) is 70.7 cm³/mol. The molecule has 6 heteroatoms. The fourth-order valence-electron chi connectivity index (χ4n) is 2.69. The van der Waals surface area contributed by atoms with Gasteiger partial charge in [-0.25, -0.2) is 0 Å². The number of nitrogens with zero attached hydrogens (tertiary/aromatic N) is 2. The van der Waals surface area contributed by atoms with Gasteiger partial charge < -0.3 is 19.9 Å². The monoisotopic (exact) mass is 269 g/mol. The lowest BCUT2D eigenvalue weighted by molar-refractivity contribution is -0.142. The van der Waals surface area contributed by atoms with Gasteiger partial charge in [0.05, 0.1) is 0 Å². The molecule has 2 aliphatic rings. The van der Waals surface area contributed by atoms with Crippen LogP contribution in [0.2, 0.25) is 0 Å². The van der Waals surface area contributed by atoms with Gasteiger partial charge in [-0.05, 0) is 19.4 Å². The van der Waals surface area contributed by atoms with Gasteiger partial charge in [-0.3, -0.25) is 9.59 Å². The molecule has 2 saturated heterocycles. The van der Waals surface area contributed by atoms with Crippen LogP contribution in [-0.4, -0.2) is 74.1 Å². The number of rotatable bonds is 4. The second-order valence-corrected chi connectivity index (χ2v) is 5.19. The lowest BCUT2D eigenvalue weighted by atomic mass is 10.1. The molecule has 0 aromatic rings. The number of amides is 2. The Morgan fingerprint density at radius 3 is 2.32 bits per heavy atom. The van der Waals surface area contributed by atoms with Crippen LogP contribution >= 0.6 is 0 Å². The summed E-state index contributed by atoms with van der Waals surface area (Å²) in [5.41, 5.74) is 0. The fraction of sp³-hybridized carbons (Fsp3) is 0.846. The normalized spacial score (nSPS) is 23.7. The SMILES string of the molecule is COCC(=O)N1CCN(C(=O)CC2CCCN2)CC1. The summed E-state index contributed by atoms with van der Waals surface area (Å²) in [7, 11) is 1.52. The van der Waals surface area contributed by atoms with E-state index >= 15 is 0 Å². The van der Waals surface area contributed by atoms with Crippen LogP contribution in [0.25, 0.3) is 0 Å². The highest BCUT2D eigenvalue weighted by atomic mass is 16.5. The Hall–Kier alpha value is -1.14. The van der Waals surface area contributed by atoms with Crippen molar-refractivity contribution < 1.29 is 14.3 Å². The van der Waals surface area contributed by atoms with E-state index in [0.717, 1.165) is 19.4 Å². The average molecular weight is 269 g/mol. The van der Waals surface area contributed by atoms with Crippen molar-refractivity contribution in [1.29, 1.82) is 0 Å². The predicted octanol–water partition coefficient (Wildman–Crippen LogP) is -0.554. The highest BCUT2D eigenvalue weighted by molar-refractivity contribution is 5.79. The van der Waals surface area contributed by atoms with Crippen molar-refractivity contribution in [2.24, 2.45) is 0 Å². The van der Waals surface area contributed by atoms with Gasteiger partial charge in [0.25, 0.3) is 0 Å². The van der Waals surface area contributed by atoms with E-state index in [0.29, 0.717) is 38.6 Å². The Morgan fingerprint density at radius 2 is 1.79 bits per heavy atom. The number of nitrogens with one attached hydrogen (secondary N) is 1. The first-order valence-corrected chi connectivity index (χ1v) is 6.98. The van der Waals surface area contributed by atoms with Crippen LogP contribution in [0.3, 0.4) is 0 Å². The van der Waals surface area contributed by atoms with Crippen molar-refractivity contribution in [1.82, 2.24) is 15.1 Å². The molecule has 0 spiro atoms. The number of piperazine rings is 1. The minimum Gasteiger partial charge on any atom is -0.375 e. The summed E-state index contributed by atoms with van der Waals surface area (Å²) in [6.45, 7) is 3.66. The van der Waals surface area contributed by atoms with Gasteiger partial charge in [-0.1, -0.05) is 0 Å². The second-order valence-electron chi connectivity index (χ2n) is 5.19. The smallest absolute Gasteiger partial charge is 0.248 e. The molecule has 0 bridgehead atoms. The molecule has 0 aromatic heterocycles. The minimum absolute atomic E-state index is 0.00654. The third kappa shape index (κ3) is 3.91. The van der Waals surface area contributed by atoms with Gasteiger partial charge >= 0.3 is 0 Å². The molecule has 2 rings (SSSR count). The summed E-state index contributed by atoms with van der Waals surface area (Å²) in [5.74, 6) is 0.213. The zero-order valence-corrected chi connectivity index (χ0v) is 11.6. The molecule has 0 saturated carbocycles. The Balaban J connectivity index is 1.72. The van der Waals surface area contributed by atoms with Crippen LogP contribution in [0.1, 0.15) is 19.3 Å². The number of carbonyl (C=O) groups excluding carboxylic acids is 2. The number of hydrogen-bond donors (Lipinski definition) is 1. The average Bonchev–Trinajstić information content (AvgIpc) is 2.92. The maximum absolute atomic E-state index is 12.1. The molecule has 2 aliphatic heterocycles. The topological polar surface area (TPSA) is 61.9 Å². The van der Waals surface area contributed by atoms with Gasteiger partial charge in [-0.15, -0.1) is 0 Å². The van der Waals surface area contributed by atoms with Crippen molar-refractivity contribution in [3.8, 4) is 0 Å². The van der Waals surface area contributed by atoms with E-state index < -0.39 is 0 Å². The van der Waals surface area contributed by atoms with Gasteiger partial charge in [0.2, 0.25) is 11.8 Å². The standard InChI is InChI=1S/C13H23N3O3/c1-19-10-13(18)16-7-5-15(6-8-16)12(17)9-11-3-2-4-14-11/h11,14H,2-10H2,1H3. The first-order valence-electron chi connectivity index (χ1n) is 6.98. The quantitative estimate of drug-likeness (QED) is 0.743. The van der Waals surface area contributed by atoms with Crippen LogP contribution in [0, 0.1) is 0 Å². The first-order chi connectivity index (χ1) is 9.20. The third-order valence-electron chi connectivity index (χ3n) is 3.84. The third-order valence-corrected chi connectivity index (χ3v) is 3.84. The number of ether oxygens (including phenoxy) is 1. The van der Waals surface area contributed by atoms with Gasteiger partial charge in [-0.2, -0.15) is 0 Å². The van der Waals surface area contributed by atoms with Crippen LogP contribution in [-0.2, 0) is 14.3 Å². The van der Waals surface area contributed by atoms with Gasteiger partial charge in [0.1, 0.15) is 6.61 Å². The van der Waals surface area contributed by atoms with Crippen molar-refractivity contribution in [3.05, 3.63) is 0 Å². The maximum Gasteiger partial charge on any atom is 0.248 e. The van der Waals surface area contributed by atoms with Crippen LogP contribution < -0.4 is 5.32 Å². The number of hydrogen-bond acceptors (Lipinski definition) is 4. The number of carbonyl (C=O) groups is 2. The zero-order valence-electron chi connectivity index (χ0n) is 11.6. The molecule has 1 unspecified atom stereocenters. The molecule has 0 aromatic carbocycles. The lowest BCUT2D eigenvalue weighted by Crippen LogP contribution is -2.52. The molecule has 0 radical (unpaired) electrons. The molecule has 19 heavy (non-hydrogen) atoms. The van der Waals surface area contributed by atoms with E-state index in [-0.39, 0.29) is 18.4 Å². The first kappa shape index (κ1) is 14.3. The second kappa shape index (κ2) is 6.86. The number of methoxy groups -OCH3 is 1. The van der Waals surface area contributed by atoms with E-state index in [4.69, 9.17) is 4.74 Å². The summed E-state index contributed by atoms with van der Waals surface area (Å²) in [5, 5.41) is 3.34. The van der Waals surface area contributed by atoms with E-state index in [9.17, 15) is 9.59 Å². The fourth-order valence-corrected chi connectivity index (χ4v) is 2.69. The molecule has 6 nitrogen and oxygen atoms in total. The lowest BCUT2D eigenvalue weighted by Gasteiger charge is -2.35. The maximum atomic E-state index is 12.1. The van der Waals surface area contributed by atoms with E-state index in [2.05, 4.69) is 5.32 Å². The van der Waals surface area contributed by atoms with Crippen LogP contribution in [0.4, 0.5) is 0 Å². The summed E-state index contributed by atoms with van der Waals surface area (Å²) in [4.78, 5) is 27.4. The largest absolute Gasteiger partial charge is 0.375 e. The molecule has 1 N–H and O–H groups in total. The molecular weight excluding hydrogens is 246 g/mol. The molecule has 2 amide bonds. The summed E-state index contributed by atoms with van der Waals surface area (Å²) < 4.78 is 4.84. The van der Waals surface area contributed by atoms with Crippen molar-refractivity contribution >= 4 is 11.8 Å². The van der Waals surface area contributed by atoms with Crippen molar-refractivity contribution in [2.45, 2.75) is 25.3 Å². The van der Waals surface area contributed by atoms with Crippen molar-refractivity contribution in [2.75, 3.05) is 46.4 Å². The molecular formula is C13H23N3O3. The van der Waals surface area contributed by atoms with Gasteiger partial charge in [0.15, 0.2) is 0 Å². The zero-order chi connectivity index (χ0) is 13.7. The minimum atomic E-state index is 0.00654. The highest BCUT2D eigenvalue weighted by Crippen LogP contribution is 2.12. The summed E-state index contributed by atoms with van der Waals surface area (Å²) in [6.07, 6.45) is 2.85. The van der Waals surface area contributed by atoms with Crippen molar-refractivity contribution in [3.63, 3.8) is 0 Å². The Kier molecular flexibility index (Phi) is 5.15. The Labute approximate surface area is 114 Å². The summed E-state index contributed by atoms with van der Waals surface area (Å²) >= 11 is 0. The molecule has 108 valence electrons. The van der Waals surface area contributed by atoms with E-state index in [1.807, 2.05) is 4.90 Å². The van der Waals surface area contributed by atoms with E-state index in [1.165, 1.54) is 7.11 Å². The van der Waals surface area contributed by atoms with Crippen LogP contribution in [0.5, 0.6) is 0 Å².